The fourth-order valence-electron chi connectivity index (χ4n) is 2.63. The van der Waals surface area contributed by atoms with Gasteiger partial charge in [0.15, 0.2) is 0 Å². The van der Waals surface area contributed by atoms with Crippen LogP contribution >= 0.6 is 12.6 Å². The van der Waals surface area contributed by atoms with Crippen LogP contribution in [0.4, 0.5) is 0 Å². The van der Waals surface area contributed by atoms with Crippen molar-refractivity contribution in [3.63, 3.8) is 0 Å². The zero-order valence-corrected chi connectivity index (χ0v) is 13.5. The van der Waals surface area contributed by atoms with E-state index in [2.05, 4.69) is 24.8 Å². The first-order chi connectivity index (χ1) is 10.2. The number of hydrogen-bond acceptors (Lipinski definition) is 2. The number of thiol groups is 1. The lowest BCUT2D eigenvalue weighted by Crippen LogP contribution is -2.32. The molecule has 0 bridgehead atoms. The number of rotatable bonds is 3. The molecule has 1 amide bonds. The van der Waals surface area contributed by atoms with Crippen LogP contribution < -0.4 is 0 Å². The summed E-state index contributed by atoms with van der Waals surface area (Å²) in [6, 6.07) is 10.1. The molecule has 1 aliphatic heterocycles. The zero-order valence-electron chi connectivity index (χ0n) is 12.6. The molecule has 0 aromatic heterocycles. The van der Waals surface area contributed by atoms with Gasteiger partial charge in [-0.05, 0) is 42.4 Å². The molecule has 0 saturated carbocycles. The number of allylic oxidation sites excluding steroid dienone is 1. The van der Waals surface area contributed by atoms with Gasteiger partial charge in [0.1, 0.15) is 0 Å². The third kappa shape index (κ3) is 4.50. The van der Waals surface area contributed by atoms with E-state index in [1.165, 1.54) is 12.8 Å². The third-order valence-corrected chi connectivity index (χ3v) is 4.16. The Labute approximate surface area is 133 Å². The average molecular weight is 301 g/mol. The highest BCUT2D eigenvalue weighted by Gasteiger charge is 2.18. The number of amides is 1. The minimum atomic E-state index is 0.0992. The minimum absolute atomic E-state index is 0.0992. The number of nitrogens with zero attached hydrogens (tertiary/aromatic N) is 1. The summed E-state index contributed by atoms with van der Waals surface area (Å²) in [4.78, 5) is 14.6. The minimum Gasteiger partial charge on any atom is -0.339 e. The SMILES string of the molecule is C/C(=C\C(=C/S)C(=O)N1CCCCCC1)c1ccccc1. The first kappa shape index (κ1) is 15.9. The highest BCUT2D eigenvalue weighted by Crippen LogP contribution is 2.19. The number of carbonyl (C=O) groups is 1. The molecular weight excluding hydrogens is 278 g/mol. The van der Waals surface area contributed by atoms with E-state index in [0.29, 0.717) is 5.57 Å². The number of benzene rings is 1. The molecule has 1 aliphatic rings. The number of likely N-dealkylation sites (tertiary alicyclic amines) is 1. The van der Waals surface area contributed by atoms with Gasteiger partial charge in [-0.2, -0.15) is 12.6 Å². The number of carbonyl (C=O) groups excluding carboxylic acids is 1. The molecule has 1 aromatic rings. The van der Waals surface area contributed by atoms with Crippen LogP contribution in [0.3, 0.4) is 0 Å². The van der Waals surface area contributed by atoms with Gasteiger partial charge in [0.25, 0.3) is 5.91 Å². The Morgan fingerprint density at radius 2 is 1.71 bits per heavy atom. The molecule has 0 aliphatic carbocycles. The standard InChI is InChI=1S/C18H23NOS/c1-15(16-9-5-4-6-10-16)13-17(14-21)18(20)19-11-7-2-3-8-12-19/h4-6,9-10,13-14,21H,2-3,7-8,11-12H2,1H3/b15-13+,17-14+. The summed E-state index contributed by atoms with van der Waals surface area (Å²) in [5, 5.41) is 1.62. The molecule has 2 rings (SSSR count). The summed E-state index contributed by atoms with van der Waals surface area (Å²) < 4.78 is 0. The zero-order chi connectivity index (χ0) is 15.1. The molecule has 0 unspecified atom stereocenters. The fraction of sp³-hybridized carbons (Fsp3) is 0.389. The second kappa shape index (κ2) is 8.08. The maximum Gasteiger partial charge on any atom is 0.254 e. The molecule has 1 saturated heterocycles. The van der Waals surface area contributed by atoms with Gasteiger partial charge in [0.05, 0.1) is 0 Å². The van der Waals surface area contributed by atoms with Crippen molar-refractivity contribution in [1.82, 2.24) is 4.90 Å². The Morgan fingerprint density at radius 3 is 2.29 bits per heavy atom. The molecule has 1 aromatic carbocycles. The molecule has 2 nitrogen and oxygen atoms in total. The summed E-state index contributed by atoms with van der Waals surface area (Å²) in [5.74, 6) is 0.0992. The monoisotopic (exact) mass is 301 g/mol. The Kier molecular flexibility index (Phi) is 6.12. The van der Waals surface area contributed by atoms with Crippen LogP contribution in [0.5, 0.6) is 0 Å². The average Bonchev–Trinajstić information content (AvgIpc) is 2.81. The molecule has 21 heavy (non-hydrogen) atoms. The second-order valence-corrected chi connectivity index (χ2v) is 5.74. The molecule has 0 N–H and O–H groups in total. The largest absolute Gasteiger partial charge is 0.339 e. The van der Waals surface area contributed by atoms with Crippen LogP contribution in [0.15, 0.2) is 47.4 Å². The topological polar surface area (TPSA) is 20.3 Å². The molecule has 0 spiro atoms. The van der Waals surface area contributed by atoms with Crippen LogP contribution in [0.1, 0.15) is 38.2 Å². The molecule has 1 heterocycles. The maximum absolute atomic E-state index is 12.6. The van der Waals surface area contributed by atoms with Crippen LogP contribution in [-0.4, -0.2) is 23.9 Å². The maximum atomic E-state index is 12.6. The van der Waals surface area contributed by atoms with Crippen molar-refractivity contribution in [2.45, 2.75) is 32.6 Å². The van der Waals surface area contributed by atoms with E-state index in [0.717, 1.165) is 37.1 Å². The van der Waals surface area contributed by atoms with E-state index in [9.17, 15) is 4.79 Å². The lowest BCUT2D eigenvalue weighted by molar-refractivity contribution is -0.126. The molecular formula is C18H23NOS. The van der Waals surface area contributed by atoms with Gasteiger partial charge in [0, 0.05) is 18.7 Å². The first-order valence-corrected chi connectivity index (χ1v) is 8.11. The van der Waals surface area contributed by atoms with Crippen LogP contribution in [0.25, 0.3) is 5.57 Å². The van der Waals surface area contributed by atoms with Crippen molar-refractivity contribution in [3.05, 3.63) is 53.0 Å². The van der Waals surface area contributed by atoms with Crippen LogP contribution in [0, 0.1) is 0 Å². The predicted molar refractivity (Wildman–Crippen MR) is 92.2 cm³/mol. The Hall–Kier alpha value is -1.48. The van der Waals surface area contributed by atoms with Gasteiger partial charge in [-0.15, -0.1) is 0 Å². The Balaban J connectivity index is 2.14. The van der Waals surface area contributed by atoms with Gasteiger partial charge in [-0.3, -0.25) is 4.79 Å². The normalized spacial score (nSPS) is 17.5. The van der Waals surface area contributed by atoms with E-state index in [4.69, 9.17) is 0 Å². The van der Waals surface area contributed by atoms with Crippen molar-refractivity contribution >= 4 is 24.1 Å². The highest BCUT2D eigenvalue weighted by molar-refractivity contribution is 7.83. The van der Waals surface area contributed by atoms with Gasteiger partial charge >= 0.3 is 0 Å². The van der Waals surface area contributed by atoms with E-state index in [1.54, 1.807) is 5.41 Å². The molecule has 1 fully saturated rings. The summed E-state index contributed by atoms with van der Waals surface area (Å²) >= 11 is 4.23. The number of hydrogen-bond donors (Lipinski definition) is 1. The van der Waals surface area contributed by atoms with Crippen molar-refractivity contribution in [2.24, 2.45) is 0 Å². The predicted octanol–water partition coefficient (Wildman–Crippen LogP) is 4.31. The van der Waals surface area contributed by atoms with E-state index in [1.807, 2.05) is 36.1 Å². The van der Waals surface area contributed by atoms with Gasteiger partial charge in [-0.1, -0.05) is 43.2 Å². The summed E-state index contributed by atoms with van der Waals surface area (Å²) in [7, 11) is 0. The van der Waals surface area contributed by atoms with Crippen molar-refractivity contribution in [2.75, 3.05) is 13.1 Å². The Morgan fingerprint density at radius 1 is 1.10 bits per heavy atom. The summed E-state index contributed by atoms with van der Waals surface area (Å²) in [6.45, 7) is 3.76. The van der Waals surface area contributed by atoms with Crippen molar-refractivity contribution in [3.8, 4) is 0 Å². The quantitative estimate of drug-likeness (QED) is 0.501. The fourth-order valence-corrected chi connectivity index (χ4v) is 2.81. The Bertz CT molecular complexity index is 525. The van der Waals surface area contributed by atoms with Crippen LogP contribution in [0.2, 0.25) is 0 Å². The smallest absolute Gasteiger partial charge is 0.254 e. The third-order valence-electron chi connectivity index (χ3n) is 3.88. The summed E-state index contributed by atoms with van der Waals surface area (Å²) in [6.07, 6.45) is 6.60. The molecule has 0 atom stereocenters. The second-order valence-electron chi connectivity index (χ2n) is 5.48. The van der Waals surface area contributed by atoms with Gasteiger partial charge in [0.2, 0.25) is 0 Å². The summed E-state index contributed by atoms with van der Waals surface area (Å²) in [5.41, 5.74) is 2.88. The van der Waals surface area contributed by atoms with Gasteiger partial charge in [-0.25, -0.2) is 0 Å². The first-order valence-electron chi connectivity index (χ1n) is 7.60. The molecule has 0 radical (unpaired) electrons. The van der Waals surface area contributed by atoms with Crippen molar-refractivity contribution in [1.29, 1.82) is 0 Å². The van der Waals surface area contributed by atoms with E-state index < -0.39 is 0 Å². The highest BCUT2D eigenvalue weighted by atomic mass is 32.1. The lowest BCUT2D eigenvalue weighted by atomic mass is 10.0. The van der Waals surface area contributed by atoms with Crippen molar-refractivity contribution < 1.29 is 4.79 Å². The van der Waals surface area contributed by atoms with Gasteiger partial charge < -0.3 is 4.90 Å². The van der Waals surface area contributed by atoms with E-state index >= 15 is 0 Å². The molecule has 112 valence electrons. The van der Waals surface area contributed by atoms with Crippen LogP contribution in [-0.2, 0) is 4.79 Å². The van der Waals surface area contributed by atoms with E-state index in [-0.39, 0.29) is 5.91 Å². The lowest BCUT2D eigenvalue weighted by Gasteiger charge is -2.21. The molecule has 3 heteroatoms.